The van der Waals surface area contributed by atoms with Gasteiger partial charge in [0, 0.05) is 37.7 Å². The van der Waals surface area contributed by atoms with Crippen molar-refractivity contribution in [3.05, 3.63) is 11.9 Å². The molecule has 116 valence electrons. The molecule has 1 aliphatic heterocycles. The van der Waals surface area contributed by atoms with Gasteiger partial charge < -0.3 is 15.1 Å². The first-order valence-corrected chi connectivity index (χ1v) is 8.21. The van der Waals surface area contributed by atoms with E-state index in [9.17, 15) is 0 Å². The van der Waals surface area contributed by atoms with Gasteiger partial charge in [0.1, 0.15) is 17.5 Å². The van der Waals surface area contributed by atoms with Crippen LogP contribution in [0.5, 0.6) is 0 Å². The summed E-state index contributed by atoms with van der Waals surface area (Å²) >= 11 is 0. The van der Waals surface area contributed by atoms with Crippen molar-refractivity contribution in [3.8, 4) is 0 Å². The molecule has 0 atom stereocenters. The molecule has 2 aliphatic rings. The van der Waals surface area contributed by atoms with E-state index in [1.54, 1.807) is 0 Å². The molecular weight excluding hydrogens is 262 g/mol. The molecule has 1 N–H and O–H groups in total. The standard InChI is InChI=1S/C16H27N5/c1-4-17-14-11-15(19-16(18-14)12-5-6-12)21-9-7-13(8-10-21)20(2)3/h11-13H,4-10H2,1-3H3,(H,17,18,19). The predicted octanol–water partition coefficient (Wildman–Crippen LogP) is 2.32. The summed E-state index contributed by atoms with van der Waals surface area (Å²) in [7, 11) is 4.36. The van der Waals surface area contributed by atoms with Crippen LogP contribution in [0.15, 0.2) is 6.07 Å². The Bertz CT molecular complexity index is 476. The molecule has 0 amide bonds. The summed E-state index contributed by atoms with van der Waals surface area (Å²) in [5.74, 6) is 3.74. The Hall–Kier alpha value is -1.36. The van der Waals surface area contributed by atoms with Gasteiger partial charge in [0.2, 0.25) is 0 Å². The molecular formula is C16H27N5. The maximum Gasteiger partial charge on any atom is 0.136 e. The topological polar surface area (TPSA) is 44.3 Å². The molecule has 1 saturated carbocycles. The molecule has 5 heteroatoms. The van der Waals surface area contributed by atoms with Gasteiger partial charge in [-0.05, 0) is 46.7 Å². The zero-order valence-electron chi connectivity index (χ0n) is 13.5. The van der Waals surface area contributed by atoms with Crippen molar-refractivity contribution in [2.24, 2.45) is 0 Å². The Balaban J connectivity index is 1.75. The lowest BCUT2D eigenvalue weighted by atomic mass is 10.0. The number of anilines is 2. The van der Waals surface area contributed by atoms with Crippen LogP contribution in [0.4, 0.5) is 11.6 Å². The van der Waals surface area contributed by atoms with Gasteiger partial charge in [0.15, 0.2) is 0 Å². The Morgan fingerprint density at radius 2 is 1.90 bits per heavy atom. The number of hydrogen-bond donors (Lipinski definition) is 1. The largest absolute Gasteiger partial charge is 0.370 e. The third-order valence-corrected chi connectivity index (χ3v) is 4.55. The number of nitrogens with one attached hydrogen (secondary N) is 1. The van der Waals surface area contributed by atoms with E-state index in [0.717, 1.165) is 37.1 Å². The minimum absolute atomic E-state index is 0.599. The number of piperidine rings is 1. The van der Waals surface area contributed by atoms with Crippen LogP contribution in [-0.2, 0) is 0 Å². The average molecular weight is 289 g/mol. The van der Waals surface area contributed by atoms with Gasteiger partial charge >= 0.3 is 0 Å². The van der Waals surface area contributed by atoms with E-state index in [1.165, 1.54) is 25.7 Å². The second kappa shape index (κ2) is 6.18. The molecule has 21 heavy (non-hydrogen) atoms. The Labute approximate surface area is 127 Å². The molecule has 5 nitrogen and oxygen atoms in total. The van der Waals surface area contributed by atoms with Crippen LogP contribution in [0.2, 0.25) is 0 Å². The SMILES string of the molecule is CCNc1cc(N2CCC(N(C)C)CC2)nc(C2CC2)n1. The van der Waals surface area contributed by atoms with Gasteiger partial charge in [-0.15, -0.1) is 0 Å². The summed E-state index contributed by atoms with van der Waals surface area (Å²) in [5, 5.41) is 3.35. The maximum absolute atomic E-state index is 4.83. The van der Waals surface area contributed by atoms with Crippen molar-refractivity contribution in [3.63, 3.8) is 0 Å². The maximum atomic E-state index is 4.83. The minimum atomic E-state index is 0.599. The van der Waals surface area contributed by atoms with Gasteiger partial charge in [-0.3, -0.25) is 0 Å². The molecule has 1 aromatic heterocycles. The van der Waals surface area contributed by atoms with Gasteiger partial charge in [0.05, 0.1) is 0 Å². The summed E-state index contributed by atoms with van der Waals surface area (Å²) < 4.78 is 0. The first kappa shape index (κ1) is 14.6. The molecule has 0 aromatic carbocycles. The predicted molar refractivity (Wildman–Crippen MR) is 87.1 cm³/mol. The van der Waals surface area contributed by atoms with E-state index < -0.39 is 0 Å². The molecule has 2 fully saturated rings. The van der Waals surface area contributed by atoms with Crippen LogP contribution in [-0.4, -0.2) is 54.6 Å². The lowest BCUT2D eigenvalue weighted by Crippen LogP contribution is -2.42. The third-order valence-electron chi connectivity index (χ3n) is 4.55. The van der Waals surface area contributed by atoms with Crippen molar-refractivity contribution in [1.82, 2.24) is 14.9 Å². The molecule has 0 bridgehead atoms. The van der Waals surface area contributed by atoms with Crippen LogP contribution in [0.3, 0.4) is 0 Å². The van der Waals surface area contributed by atoms with Crippen LogP contribution >= 0.6 is 0 Å². The fourth-order valence-corrected chi connectivity index (χ4v) is 3.02. The van der Waals surface area contributed by atoms with Crippen molar-refractivity contribution in [2.75, 3.05) is 43.9 Å². The van der Waals surface area contributed by atoms with Crippen LogP contribution in [0.1, 0.15) is 44.3 Å². The second-order valence-corrected chi connectivity index (χ2v) is 6.46. The highest BCUT2D eigenvalue weighted by atomic mass is 15.2. The monoisotopic (exact) mass is 289 g/mol. The highest BCUT2D eigenvalue weighted by molar-refractivity contribution is 5.50. The molecule has 1 aliphatic carbocycles. The van der Waals surface area contributed by atoms with Crippen LogP contribution in [0.25, 0.3) is 0 Å². The normalized spacial score (nSPS) is 20.1. The van der Waals surface area contributed by atoms with Gasteiger partial charge in [-0.2, -0.15) is 0 Å². The first-order chi connectivity index (χ1) is 10.2. The van der Waals surface area contributed by atoms with E-state index in [-0.39, 0.29) is 0 Å². The lowest BCUT2D eigenvalue weighted by Gasteiger charge is -2.36. The first-order valence-electron chi connectivity index (χ1n) is 8.21. The molecule has 0 spiro atoms. The average Bonchev–Trinajstić information content (AvgIpc) is 3.32. The summed E-state index contributed by atoms with van der Waals surface area (Å²) in [6.45, 7) is 5.20. The second-order valence-electron chi connectivity index (χ2n) is 6.46. The minimum Gasteiger partial charge on any atom is -0.370 e. The number of hydrogen-bond acceptors (Lipinski definition) is 5. The van der Waals surface area contributed by atoms with E-state index >= 15 is 0 Å². The number of rotatable bonds is 5. The number of nitrogens with zero attached hydrogens (tertiary/aromatic N) is 4. The van der Waals surface area contributed by atoms with Crippen molar-refractivity contribution >= 4 is 11.6 Å². The lowest BCUT2D eigenvalue weighted by molar-refractivity contribution is 0.249. The van der Waals surface area contributed by atoms with Crippen molar-refractivity contribution in [2.45, 2.75) is 44.6 Å². The molecule has 3 rings (SSSR count). The van der Waals surface area contributed by atoms with Gasteiger partial charge in [-0.25, -0.2) is 9.97 Å². The van der Waals surface area contributed by atoms with Gasteiger partial charge in [-0.1, -0.05) is 0 Å². The summed E-state index contributed by atoms with van der Waals surface area (Å²) in [6, 6.07) is 2.82. The van der Waals surface area contributed by atoms with E-state index in [0.29, 0.717) is 12.0 Å². The fraction of sp³-hybridized carbons (Fsp3) is 0.750. The van der Waals surface area contributed by atoms with Crippen molar-refractivity contribution in [1.29, 1.82) is 0 Å². The summed E-state index contributed by atoms with van der Waals surface area (Å²) in [6.07, 6.45) is 4.92. The highest BCUT2D eigenvalue weighted by Crippen LogP contribution is 2.39. The van der Waals surface area contributed by atoms with E-state index in [2.05, 4.69) is 47.2 Å². The zero-order chi connectivity index (χ0) is 14.8. The molecule has 0 unspecified atom stereocenters. The summed E-state index contributed by atoms with van der Waals surface area (Å²) in [4.78, 5) is 14.3. The number of aromatic nitrogens is 2. The Kier molecular flexibility index (Phi) is 4.29. The third kappa shape index (κ3) is 3.46. The van der Waals surface area contributed by atoms with E-state index in [4.69, 9.17) is 4.98 Å². The molecule has 0 radical (unpaired) electrons. The Morgan fingerprint density at radius 3 is 2.48 bits per heavy atom. The van der Waals surface area contributed by atoms with Gasteiger partial charge in [0.25, 0.3) is 0 Å². The quantitative estimate of drug-likeness (QED) is 0.901. The smallest absolute Gasteiger partial charge is 0.136 e. The van der Waals surface area contributed by atoms with Crippen LogP contribution < -0.4 is 10.2 Å². The summed E-state index contributed by atoms with van der Waals surface area (Å²) in [5.41, 5.74) is 0. The highest BCUT2D eigenvalue weighted by Gasteiger charge is 2.29. The molecule has 1 saturated heterocycles. The molecule has 2 heterocycles. The Morgan fingerprint density at radius 1 is 1.19 bits per heavy atom. The van der Waals surface area contributed by atoms with Crippen molar-refractivity contribution < 1.29 is 0 Å². The molecule has 1 aromatic rings. The van der Waals surface area contributed by atoms with E-state index in [1.807, 2.05) is 0 Å². The zero-order valence-corrected chi connectivity index (χ0v) is 13.5. The van der Waals surface area contributed by atoms with Crippen LogP contribution in [0, 0.1) is 0 Å². The fourth-order valence-electron chi connectivity index (χ4n) is 3.02.